The number of hydrogen-bond acceptors (Lipinski definition) is 2. The highest BCUT2D eigenvalue weighted by molar-refractivity contribution is 5.50. The van der Waals surface area contributed by atoms with Crippen LogP contribution in [-0.4, -0.2) is 18.2 Å². The quantitative estimate of drug-likeness (QED) is 0.747. The average molecular weight is 181 g/mol. The molecular formula is C10H12FNO. The van der Waals surface area contributed by atoms with Crippen molar-refractivity contribution < 1.29 is 9.50 Å². The Hall–Kier alpha value is -1.09. The highest BCUT2D eigenvalue weighted by Gasteiger charge is 2.17. The first-order valence-electron chi connectivity index (χ1n) is 4.45. The minimum atomic E-state index is -0.230. The molecule has 2 rings (SSSR count). The van der Waals surface area contributed by atoms with Gasteiger partial charge in [0, 0.05) is 13.1 Å². The van der Waals surface area contributed by atoms with Crippen LogP contribution in [0.1, 0.15) is 12.0 Å². The second-order valence-electron chi connectivity index (χ2n) is 3.28. The smallest absolute Gasteiger partial charge is 0.146 e. The first-order chi connectivity index (χ1) is 6.31. The predicted molar refractivity (Wildman–Crippen MR) is 49.2 cm³/mol. The summed E-state index contributed by atoms with van der Waals surface area (Å²) < 4.78 is 13.4. The number of aliphatic hydroxyl groups is 1. The fourth-order valence-electron chi connectivity index (χ4n) is 1.46. The van der Waals surface area contributed by atoms with E-state index in [-0.39, 0.29) is 12.4 Å². The zero-order valence-corrected chi connectivity index (χ0v) is 7.33. The zero-order valence-electron chi connectivity index (χ0n) is 7.33. The summed E-state index contributed by atoms with van der Waals surface area (Å²) in [6.07, 6.45) is 1.14. The molecule has 1 aliphatic heterocycles. The van der Waals surface area contributed by atoms with Crippen LogP contribution in [0.5, 0.6) is 0 Å². The van der Waals surface area contributed by atoms with Crippen molar-refractivity contribution in [2.75, 3.05) is 18.0 Å². The van der Waals surface area contributed by atoms with E-state index < -0.39 is 0 Å². The van der Waals surface area contributed by atoms with Gasteiger partial charge in [0.1, 0.15) is 5.82 Å². The Labute approximate surface area is 76.6 Å². The maximum Gasteiger partial charge on any atom is 0.146 e. The van der Waals surface area contributed by atoms with Gasteiger partial charge >= 0.3 is 0 Å². The number of aliphatic hydroxyl groups excluding tert-OH is 1. The van der Waals surface area contributed by atoms with Gasteiger partial charge in [-0.15, -0.1) is 0 Å². The van der Waals surface area contributed by atoms with Gasteiger partial charge in [0.15, 0.2) is 0 Å². The molecule has 0 amide bonds. The molecule has 13 heavy (non-hydrogen) atoms. The lowest BCUT2D eigenvalue weighted by Crippen LogP contribution is -2.37. The van der Waals surface area contributed by atoms with Crippen LogP contribution < -0.4 is 4.90 Å². The molecule has 0 saturated carbocycles. The van der Waals surface area contributed by atoms with Crippen molar-refractivity contribution in [3.05, 3.63) is 29.6 Å². The third-order valence-electron chi connectivity index (χ3n) is 2.39. The fraction of sp³-hybridized carbons (Fsp3) is 0.400. The minimum absolute atomic E-state index is 0.100. The van der Waals surface area contributed by atoms with Crippen molar-refractivity contribution in [3.8, 4) is 0 Å². The SMILES string of the molecule is OCc1ccc(N2CCC2)c(F)c1. The molecule has 0 atom stereocenters. The number of nitrogens with zero attached hydrogens (tertiary/aromatic N) is 1. The molecule has 0 spiro atoms. The summed E-state index contributed by atoms with van der Waals surface area (Å²) in [4.78, 5) is 2.00. The van der Waals surface area contributed by atoms with Gasteiger partial charge in [-0.3, -0.25) is 0 Å². The predicted octanol–water partition coefficient (Wildman–Crippen LogP) is 1.53. The normalized spacial score (nSPS) is 15.7. The first kappa shape index (κ1) is 8.51. The van der Waals surface area contributed by atoms with Gasteiger partial charge in [-0.05, 0) is 24.1 Å². The number of hydrogen-bond donors (Lipinski definition) is 1. The zero-order chi connectivity index (χ0) is 9.26. The maximum absolute atomic E-state index is 13.4. The molecule has 3 heteroatoms. The van der Waals surface area contributed by atoms with Crippen LogP contribution in [0, 0.1) is 5.82 Å². The molecule has 0 radical (unpaired) electrons. The van der Waals surface area contributed by atoms with Gasteiger partial charge in [0.2, 0.25) is 0 Å². The molecule has 1 aliphatic rings. The minimum Gasteiger partial charge on any atom is -0.392 e. The third-order valence-corrected chi connectivity index (χ3v) is 2.39. The molecule has 1 aromatic rings. The molecule has 1 saturated heterocycles. The van der Waals surface area contributed by atoms with Gasteiger partial charge in [-0.1, -0.05) is 6.07 Å². The summed E-state index contributed by atoms with van der Waals surface area (Å²) in [5.41, 5.74) is 1.28. The molecule has 0 aliphatic carbocycles. The van der Waals surface area contributed by atoms with Crippen molar-refractivity contribution in [1.29, 1.82) is 0 Å². The summed E-state index contributed by atoms with van der Waals surface area (Å²) in [6, 6.07) is 4.89. The van der Waals surface area contributed by atoms with E-state index in [0.717, 1.165) is 19.5 Å². The molecule has 1 fully saturated rings. The Morgan fingerprint density at radius 3 is 2.62 bits per heavy atom. The molecule has 0 unspecified atom stereocenters. The first-order valence-corrected chi connectivity index (χ1v) is 4.45. The molecule has 0 aromatic heterocycles. The van der Waals surface area contributed by atoms with E-state index in [9.17, 15) is 4.39 Å². The molecule has 70 valence electrons. The topological polar surface area (TPSA) is 23.5 Å². The van der Waals surface area contributed by atoms with Gasteiger partial charge < -0.3 is 10.0 Å². The Morgan fingerprint density at radius 1 is 1.38 bits per heavy atom. The lowest BCUT2D eigenvalue weighted by molar-refractivity contribution is 0.281. The third kappa shape index (κ3) is 1.52. The van der Waals surface area contributed by atoms with E-state index in [4.69, 9.17) is 5.11 Å². The van der Waals surface area contributed by atoms with Gasteiger partial charge in [0.25, 0.3) is 0 Å². The van der Waals surface area contributed by atoms with Gasteiger partial charge in [-0.25, -0.2) is 4.39 Å². The highest BCUT2D eigenvalue weighted by atomic mass is 19.1. The van der Waals surface area contributed by atoms with Crippen LogP contribution in [0.2, 0.25) is 0 Å². The standard InChI is InChI=1S/C10H12FNO/c11-9-6-8(7-13)2-3-10(9)12-4-1-5-12/h2-3,6,13H,1,4-5,7H2. The Morgan fingerprint density at radius 2 is 2.15 bits per heavy atom. The summed E-state index contributed by atoms with van der Waals surface area (Å²) in [5, 5.41) is 8.78. The van der Waals surface area contributed by atoms with E-state index in [2.05, 4.69) is 0 Å². The van der Waals surface area contributed by atoms with Crippen LogP contribution in [-0.2, 0) is 6.61 Å². The van der Waals surface area contributed by atoms with Crippen molar-refractivity contribution in [2.45, 2.75) is 13.0 Å². The van der Waals surface area contributed by atoms with Crippen LogP contribution in [0.3, 0.4) is 0 Å². The largest absolute Gasteiger partial charge is 0.392 e. The molecule has 1 N–H and O–H groups in total. The molecule has 0 bridgehead atoms. The van der Waals surface area contributed by atoms with Crippen LogP contribution in [0.4, 0.5) is 10.1 Å². The Bertz CT molecular complexity index is 310. The Balaban J connectivity index is 2.26. The van der Waals surface area contributed by atoms with Crippen LogP contribution in [0.15, 0.2) is 18.2 Å². The van der Waals surface area contributed by atoms with Crippen molar-refractivity contribution in [1.82, 2.24) is 0 Å². The van der Waals surface area contributed by atoms with Crippen molar-refractivity contribution >= 4 is 5.69 Å². The van der Waals surface area contributed by atoms with Crippen LogP contribution in [0.25, 0.3) is 0 Å². The van der Waals surface area contributed by atoms with Crippen molar-refractivity contribution in [2.24, 2.45) is 0 Å². The number of benzene rings is 1. The second kappa shape index (κ2) is 3.34. The summed E-state index contributed by atoms with van der Waals surface area (Å²) in [7, 11) is 0. The van der Waals surface area contributed by atoms with E-state index in [1.807, 2.05) is 4.90 Å². The molecule has 1 heterocycles. The lowest BCUT2D eigenvalue weighted by atomic mass is 10.1. The van der Waals surface area contributed by atoms with E-state index in [1.54, 1.807) is 12.1 Å². The summed E-state index contributed by atoms with van der Waals surface area (Å²) in [5.74, 6) is -0.230. The second-order valence-corrected chi connectivity index (χ2v) is 3.28. The van der Waals surface area contributed by atoms with E-state index in [1.165, 1.54) is 6.07 Å². The van der Waals surface area contributed by atoms with Crippen LogP contribution >= 0.6 is 0 Å². The molecular weight excluding hydrogens is 169 g/mol. The van der Waals surface area contributed by atoms with Gasteiger partial charge in [-0.2, -0.15) is 0 Å². The molecule has 1 aromatic carbocycles. The fourth-order valence-corrected chi connectivity index (χ4v) is 1.46. The van der Waals surface area contributed by atoms with Crippen molar-refractivity contribution in [3.63, 3.8) is 0 Å². The number of rotatable bonds is 2. The monoisotopic (exact) mass is 181 g/mol. The van der Waals surface area contributed by atoms with E-state index >= 15 is 0 Å². The number of anilines is 1. The highest BCUT2D eigenvalue weighted by Crippen LogP contribution is 2.24. The maximum atomic E-state index is 13.4. The number of halogens is 1. The Kier molecular flexibility index (Phi) is 2.19. The van der Waals surface area contributed by atoms with Gasteiger partial charge in [0.05, 0.1) is 12.3 Å². The molecule has 2 nitrogen and oxygen atoms in total. The lowest BCUT2D eigenvalue weighted by Gasteiger charge is -2.33. The summed E-state index contributed by atoms with van der Waals surface area (Å²) >= 11 is 0. The summed E-state index contributed by atoms with van der Waals surface area (Å²) in [6.45, 7) is 1.78. The average Bonchev–Trinajstić information content (AvgIpc) is 2.05. The van der Waals surface area contributed by atoms with E-state index in [0.29, 0.717) is 11.3 Å².